The molecule has 3 fully saturated rings. The van der Waals surface area contributed by atoms with Crippen LogP contribution < -0.4 is 0 Å². The molecule has 21 heavy (non-hydrogen) atoms. The SMILES string of the molecule is CC1C[C@H](C(=O)N2CCOC3CCCCC32)[C@H](C(=O)O)C1. The van der Waals surface area contributed by atoms with Gasteiger partial charge in [-0.2, -0.15) is 0 Å². The molecule has 0 aromatic rings. The van der Waals surface area contributed by atoms with Gasteiger partial charge in [-0.05, 0) is 31.6 Å². The van der Waals surface area contributed by atoms with Crippen LogP contribution in [0.3, 0.4) is 0 Å². The fraction of sp³-hybridized carbons (Fsp3) is 0.875. The molecule has 0 aromatic carbocycles. The normalized spacial score (nSPS) is 39.9. The van der Waals surface area contributed by atoms with Crippen LogP contribution in [0, 0.1) is 17.8 Å². The number of carbonyl (C=O) groups is 2. The molecule has 5 nitrogen and oxygen atoms in total. The second kappa shape index (κ2) is 5.95. The molecule has 3 rings (SSSR count). The van der Waals surface area contributed by atoms with Crippen LogP contribution in [-0.2, 0) is 14.3 Å². The summed E-state index contributed by atoms with van der Waals surface area (Å²) >= 11 is 0. The van der Waals surface area contributed by atoms with E-state index in [4.69, 9.17) is 4.74 Å². The minimum atomic E-state index is -0.814. The molecule has 5 heteroatoms. The van der Waals surface area contributed by atoms with Crippen molar-refractivity contribution in [2.45, 2.75) is 57.6 Å². The van der Waals surface area contributed by atoms with E-state index in [9.17, 15) is 14.7 Å². The van der Waals surface area contributed by atoms with Crippen molar-refractivity contribution in [2.24, 2.45) is 17.8 Å². The number of hydrogen-bond acceptors (Lipinski definition) is 3. The van der Waals surface area contributed by atoms with Crippen LogP contribution in [0.1, 0.15) is 45.4 Å². The van der Waals surface area contributed by atoms with Crippen LogP contribution in [0.5, 0.6) is 0 Å². The van der Waals surface area contributed by atoms with E-state index < -0.39 is 11.9 Å². The Kier molecular flexibility index (Phi) is 4.20. The van der Waals surface area contributed by atoms with E-state index >= 15 is 0 Å². The largest absolute Gasteiger partial charge is 0.481 e. The van der Waals surface area contributed by atoms with Crippen LogP contribution in [0.15, 0.2) is 0 Å². The van der Waals surface area contributed by atoms with Crippen LogP contribution in [0.25, 0.3) is 0 Å². The van der Waals surface area contributed by atoms with Crippen molar-refractivity contribution in [1.82, 2.24) is 4.90 Å². The third-order valence-electron chi connectivity index (χ3n) is 5.45. The predicted octanol–water partition coefficient (Wildman–Crippen LogP) is 1.90. The molecule has 3 unspecified atom stereocenters. The van der Waals surface area contributed by atoms with Gasteiger partial charge in [0.1, 0.15) is 0 Å². The number of amides is 1. The van der Waals surface area contributed by atoms with E-state index in [2.05, 4.69) is 0 Å². The lowest BCUT2D eigenvalue weighted by Gasteiger charge is -2.45. The molecule has 118 valence electrons. The number of nitrogens with zero attached hydrogens (tertiary/aromatic N) is 1. The van der Waals surface area contributed by atoms with E-state index in [0.717, 1.165) is 19.3 Å². The summed E-state index contributed by atoms with van der Waals surface area (Å²) in [5.74, 6) is -1.27. The maximum absolute atomic E-state index is 12.9. The number of carboxylic acids is 1. The Morgan fingerprint density at radius 2 is 1.86 bits per heavy atom. The zero-order valence-electron chi connectivity index (χ0n) is 12.7. The maximum Gasteiger partial charge on any atom is 0.307 e. The highest BCUT2D eigenvalue weighted by Crippen LogP contribution is 2.39. The van der Waals surface area contributed by atoms with Gasteiger partial charge < -0.3 is 14.7 Å². The third kappa shape index (κ3) is 2.80. The van der Waals surface area contributed by atoms with Crippen LogP contribution in [0.4, 0.5) is 0 Å². The van der Waals surface area contributed by atoms with Crippen molar-refractivity contribution in [1.29, 1.82) is 0 Å². The number of ether oxygens (including phenoxy) is 1. The zero-order valence-corrected chi connectivity index (χ0v) is 12.7. The number of carbonyl (C=O) groups excluding carboxylic acids is 1. The Morgan fingerprint density at radius 3 is 2.62 bits per heavy atom. The van der Waals surface area contributed by atoms with E-state index in [1.807, 2.05) is 11.8 Å². The molecule has 1 saturated heterocycles. The van der Waals surface area contributed by atoms with E-state index in [1.165, 1.54) is 6.42 Å². The molecular formula is C16H25NO4. The summed E-state index contributed by atoms with van der Waals surface area (Å²) in [6, 6.07) is 0.172. The Balaban J connectivity index is 1.75. The summed E-state index contributed by atoms with van der Waals surface area (Å²) in [4.78, 5) is 26.3. The number of fused-ring (bicyclic) bond motifs is 1. The van der Waals surface area contributed by atoms with Gasteiger partial charge in [-0.15, -0.1) is 0 Å². The monoisotopic (exact) mass is 295 g/mol. The molecule has 0 aromatic heterocycles. The van der Waals surface area contributed by atoms with Crippen molar-refractivity contribution >= 4 is 11.9 Å². The molecule has 1 amide bonds. The van der Waals surface area contributed by atoms with Crippen molar-refractivity contribution < 1.29 is 19.4 Å². The molecule has 1 heterocycles. The maximum atomic E-state index is 12.9. The average molecular weight is 295 g/mol. The Labute approximate surface area is 125 Å². The lowest BCUT2D eigenvalue weighted by molar-refractivity contribution is -0.159. The minimum Gasteiger partial charge on any atom is -0.481 e. The predicted molar refractivity (Wildman–Crippen MR) is 76.7 cm³/mol. The van der Waals surface area contributed by atoms with Gasteiger partial charge in [-0.25, -0.2) is 0 Å². The van der Waals surface area contributed by atoms with Gasteiger partial charge in [0.05, 0.1) is 30.6 Å². The number of aliphatic carboxylic acids is 1. The van der Waals surface area contributed by atoms with Gasteiger partial charge in [0.25, 0.3) is 0 Å². The van der Waals surface area contributed by atoms with Crippen molar-refractivity contribution in [3.63, 3.8) is 0 Å². The lowest BCUT2D eigenvalue weighted by Crippen LogP contribution is -2.56. The second-order valence-corrected chi connectivity index (χ2v) is 6.92. The molecule has 0 radical (unpaired) electrons. The zero-order chi connectivity index (χ0) is 15.0. The topological polar surface area (TPSA) is 66.8 Å². The number of morpholine rings is 1. The number of hydrogen-bond donors (Lipinski definition) is 1. The molecule has 1 aliphatic heterocycles. The quantitative estimate of drug-likeness (QED) is 0.845. The van der Waals surface area contributed by atoms with Crippen LogP contribution >= 0.6 is 0 Å². The fourth-order valence-electron chi connectivity index (χ4n) is 4.42. The highest BCUT2D eigenvalue weighted by molar-refractivity contribution is 5.85. The molecule has 0 spiro atoms. The van der Waals surface area contributed by atoms with Crippen molar-refractivity contribution in [2.75, 3.05) is 13.2 Å². The summed E-state index contributed by atoms with van der Waals surface area (Å²) in [5.41, 5.74) is 0. The van der Waals surface area contributed by atoms with Crippen LogP contribution in [0.2, 0.25) is 0 Å². The van der Waals surface area contributed by atoms with Gasteiger partial charge >= 0.3 is 5.97 Å². The first-order valence-corrected chi connectivity index (χ1v) is 8.23. The van der Waals surface area contributed by atoms with E-state index in [1.54, 1.807) is 0 Å². The van der Waals surface area contributed by atoms with E-state index in [0.29, 0.717) is 31.9 Å². The first kappa shape index (κ1) is 14.8. The Bertz CT molecular complexity index is 423. The molecular weight excluding hydrogens is 270 g/mol. The van der Waals surface area contributed by atoms with Gasteiger partial charge in [0.2, 0.25) is 5.91 Å². The molecule has 0 bridgehead atoms. The molecule has 2 saturated carbocycles. The van der Waals surface area contributed by atoms with E-state index in [-0.39, 0.29) is 24.0 Å². The molecule has 1 N–H and O–H groups in total. The van der Waals surface area contributed by atoms with Crippen molar-refractivity contribution in [3.05, 3.63) is 0 Å². The minimum absolute atomic E-state index is 0.0620. The van der Waals surface area contributed by atoms with Gasteiger partial charge in [-0.1, -0.05) is 19.8 Å². The van der Waals surface area contributed by atoms with Gasteiger partial charge in [0.15, 0.2) is 0 Å². The summed E-state index contributed by atoms with van der Waals surface area (Å²) < 4.78 is 5.81. The highest BCUT2D eigenvalue weighted by Gasteiger charge is 2.46. The fourth-order valence-corrected chi connectivity index (χ4v) is 4.42. The summed E-state index contributed by atoms with van der Waals surface area (Å²) in [6.07, 6.45) is 5.83. The smallest absolute Gasteiger partial charge is 0.307 e. The molecule has 5 atom stereocenters. The third-order valence-corrected chi connectivity index (χ3v) is 5.45. The second-order valence-electron chi connectivity index (χ2n) is 6.92. The highest BCUT2D eigenvalue weighted by atomic mass is 16.5. The van der Waals surface area contributed by atoms with Crippen LogP contribution in [-0.4, -0.2) is 47.2 Å². The Morgan fingerprint density at radius 1 is 1.14 bits per heavy atom. The van der Waals surface area contributed by atoms with Gasteiger partial charge in [-0.3, -0.25) is 9.59 Å². The first-order chi connectivity index (χ1) is 10.1. The first-order valence-electron chi connectivity index (χ1n) is 8.23. The summed E-state index contributed by atoms with van der Waals surface area (Å²) in [7, 11) is 0. The van der Waals surface area contributed by atoms with Gasteiger partial charge in [0, 0.05) is 6.54 Å². The lowest BCUT2D eigenvalue weighted by atomic mass is 9.87. The average Bonchev–Trinajstić information content (AvgIpc) is 2.88. The summed E-state index contributed by atoms with van der Waals surface area (Å²) in [6.45, 7) is 3.26. The molecule has 2 aliphatic carbocycles. The number of rotatable bonds is 2. The number of carboxylic acid groups (broad SMARTS) is 1. The van der Waals surface area contributed by atoms with Crippen molar-refractivity contribution in [3.8, 4) is 0 Å². The Hall–Kier alpha value is -1.10. The summed E-state index contributed by atoms with van der Waals surface area (Å²) in [5, 5.41) is 9.39. The standard InChI is InChI=1S/C16H25NO4/c1-10-8-11(12(9-10)16(19)20)15(18)17-6-7-21-14-5-3-2-4-13(14)17/h10-14H,2-9H2,1H3,(H,19,20)/t10?,11-,12+,13?,14?/m0/s1. The molecule has 3 aliphatic rings.